The Morgan fingerprint density at radius 1 is 1.53 bits per heavy atom. The Labute approximate surface area is 114 Å². The molecule has 2 heterocycles. The fraction of sp³-hybridized carbons (Fsp3) is 0.571. The summed E-state index contributed by atoms with van der Waals surface area (Å²) in [7, 11) is 0. The van der Waals surface area contributed by atoms with Gasteiger partial charge in [-0.3, -0.25) is 9.78 Å². The SMILES string of the molecule is CCN1CCC(NC(=O)c2ccnc(CN)c2)CC1. The number of nitrogens with zero attached hydrogens (tertiary/aromatic N) is 2. The van der Waals surface area contributed by atoms with Crippen molar-refractivity contribution in [1.82, 2.24) is 15.2 Å². The van der Waals surface area contributed by atoms with Gasteiger partial charge in [-0.05, 0) is 31.5 Å². The Hall–Kier alpha value is -1.46. The summed E-state index contributed by atoms with van der Waals surface area (Å²) in [6.45, 7) is 5.74. The van der Waals surface area contributed by atoms with E-state index in [1.807, 2.05) is 0 Å². The molecule has 1 aliphatic rings. The van der Waals surface area contributed by atoms with Crippen molar-refractivity contribution in [3.05, 3.63) is 29.6 Å². The third-order valence-corrected chi connectivity index (χ3v) is 3.66. The van der Waals surface area contributed by atoms with Gasteiger partial charge in [0.15, 0.2) is 0 Å². The van der Waals surface area contributed by atoms with Gasteiger partial charge in [-0.1, -0.05) is 6.92 Å². The second kappa shape index (κ2) is 6.63. The van der Waals surface area contributed by atoms with Gasteiger partial charge in [-0.2, -0.15) is 0 Å². The summed E-state index contributed by atoms with van der Waals surface area (Å²) in [5, 5.41) is 3.10. The number of piperidine rings is 1. The summed E-state index contributed by atoms with van der Waals surface area (Å²) in [4.78, 5) is 18.6. The van der Waals surface area contributed by atoms with Crippen molar-refractivity contribution < 1.29 is 4.79 Å². The van der Waals surface area contributed by atoms with Crippen LogP contribution < -0.4 is 11.1 Å². The van der Waals surface area contributed by atoms with Crippen molar-refractivity contribution in [2.45, 2.75) is 32.4 Å². The highest BCUT2D eigenvalue weighted by atomic mass is 16.1. The lowest BCUT2D eigenvalue weighted by molar-refractivity contribution is 0.0912. The number of hydrogen-bond acceptors (Lipinski definition) is 4. The number of nitrogens with one attached hydrogen (secondary N) is 1. The molecule has 0 aromatic carbocycles. The Balaban J connectivity index is 1.90. The summed E-state index contributed by atoms with van der Waals surface area (Å²) in [6, 6.07) is 3.77. The average molecular weight is 262 g/mol. The molecular weight excluding hydrogens is 240 g/mol. The van der Waals surface area contributed by atoms with E-state index < -0.39 is 0 Å². The first-order valence-corrected chi connectivity index (χ1v) is 6.91. The number of carbonyl (C=O) groups excluding carboxylic acids is 1. The van der Waals surface area contributed by atoms with Gasteiger partial charge in [-0.25, -0.2) is 0 Å². The molecule has 5 nitrogen and oxygen atoms in total. The highest BCUT2D eigenvalue weighted by Gasteiger charge is 2.20. The Morgan fingerprint density at radius 3 is 2.89 bits per heavy atom. The van der Waals surface area contributed by atoms with Crippen LogP contribution in [0, 0.1) is 0 Å². The first-order valence-electron chi connectivity index (χ1n) is 6.91. The smallest absolute Gasteiger partial charge is 0.251 e. The number of amides is 1. The number of pyridine rings is 1. The largest absolute Gasteiger partial charge is 0.349 e. The summed E-state index contributed by atoms with van der Waals surface area (Å²) in [5.41, 5.74) is 6.92. The van der Waals surface area contributed by atoms with E-state index in [0.717, 1.165) is 38.2 Å². The van der Waals surface area contributed by atoms with E-state index in [4.69, 9.17) is 5.73 Å². The third kappa shape index (κ3) is 3.75. The maximum atomic E-state index is 12.1. The molecule has 1 aromatic rings. The van der Waals surface area contributed by atoms with E-state index in [2.05, 4.69) is 22.1 Å². The molecule has 0 bridgehead atoms. The molecule has 5 heteroatoms. The van der Waals surface area contributed by atoms with Crippen LogP contribution in [0.4, 0.5) is 0 Å². The summed E-state index contributed by atoms with van der Waals surface area (Å²) >= 11 is 0. The van der Waals surface area contributed by atoms with Crippen molar-refractivity contribution >= 4 is 5.91 Å². The highest BCUT2D eigenvalue weighted by molar-refractivity contribution is 5.94. The van der Waals surface area contributed by atoms with Crippen LogP contribution in [-0.4, -0.2) is 41.5 Å². The predicted octanol–water partition coefficient (Wildman–Crippen LogP) is 0.754. The van der Waals surface area contributed by atoms with Gasteiger partial charge in [0.1, 0.15) is 0 Å². The lowest BCUT2D eigenvalue weighted by Crippen LogP contribution is -2.44. The van der Waals surface area contributed by atoms with E-state index in [1.54, 1.807) is 18.3 Å². The molecule has 1 saturated heterocycles. The Bertz CT molecular complexity index is 427. The molecule has 1 aromatic heterocycles. The summed E-state index contributed by atoms with van der Waals surface area (Å²) in [6.07, 6.45) is 3.68. The average Bonchev–Trinajstić information content (AvgIpc) is 2.48. The zero-order valence-electron chi connectivity index (χ0n) is 11.4. The van der Waals surface area contributed by atoms with Crippen LogP contribution in [0.5, 0.6) is 0 Å². The first-order chi connectivity index (χ1) is 9.22. The first kappa shape index (κ1) is 14.0. The van der Waals surface area contributed by atoms with Crippen molar-refractivity contribution in [3.63, 3.8) is 0 Å². The van der Waals surface area contributed by atoms with E-state index in [1.165, 1.54) is 0 Å². The lowest BCUT2D eigenvalue weighted by Gasteiger charge is -2.31. The van der Waals surface area contributed by atoms with Gasteiger partial charge in [-0.15, -0.1) is 0 Å². The highest BCUT2D eigenvalue weighted by Crippen LogP contribution is 2.11. The molecule has 0 saturated carbocycles. The predicted molar refractivity (Wildman–Crippen MR) is 74.7 cm³/mol. The van der Waals surface area contributed by atoms with Gasteiger partial charge in [0, 0.05) is 37.4 Å². The molecule has 2 rings (SSSR count). The molecule has 0 radical (unpaired) electrons. The maximum absolute atomic E-state index is 12.1. The Morgan fingerprint density at radius 2 is 2.26 bits per heavy atom. The van der Waals surface area contributed by atoms with Crippen LogP contribution in [0.25, 0.3) is 0 Å². The zero-order chi connectivity index (χ0) is 13.7. The minimum atomic E-state index is -0.0213. The van der Waals surface area contributed by atoms with Gasteiger partial charge in [0.05, 0.1) is 5.69 Å². The van der Waals surface area contributed by atoms with Crippen molar-refractivity contribution in [1.29, 1.82) is 0 Å². The van der Waals surface area contributed by atoms with E-state index >= 15 is 0 Å². The molecule has 1 aliphatic heterocycles. The van der Waals surface area contributed by atoms with E-state index in [0.29, 0.717) is 12.1 Å². The molecule has 1 fully saturated rings. The number of carbonyl (C=O) groups is 1. The fourth-order valence-electron chi connectivity index (χ4n) is 2.39. The summed E-state index contributed by atoms with van der Waals surface area (Å²) in [5.74, 6) is -0.0213. The quantitative estimate of drug-likeness (QED) is 0.840. The number of aromatic nitrogens is 1. The molecular formula is C14H22N4O. The van der Waals surface area contributed by atoms with Crippen LogP contribution in [0.3, 0.4) is 0 Å². The molecule has 19 heavy (non-hydrogen) atoms. The standard InChI is InChI=1S/C14H22N4O/c1-2-18-7-4-12(5-8-18)17-14(19)11-3-6-16-13(9-11)10-15/h3,6,9,12H,2,4-5,7-8,10,15H2,1H3,(H,17,19). The molecule has 104 valence electrons. The molecule has 3 N–H and O–H groups in total. The van der Waals surface area contributed by atoms with Crippen LogP contribution in [0.1, 0.15) is 35.8 Å². The molecule has 0 atom stereocenters. The van der Waals surface area contributed by atoms with Gasteiger partial charge >= 0.3 is 0 Å². The molecule has 1 amide bonds. The molecule has 0 aliphatic carbocycles. The van der Waals surface area contributed by atoms with Crippen molar-refractivity contribution in [2.75, 3.05) is 19.6 Å². The topological polar surface area (TPSA) is 71.2 Å². The monoisotopic (exact) mass is 262 g/mol. The minimum Gasteiger partial charge on any atom is -0.349 e. The van der Waals surface area contributed by atoms with Gasteiger partial charge < -0.3 is 16.0 Å². The Kier molecular flexibility index (Phi) is 4.87. The van der Waals surface area contributed by atoms with Crippen LogP contribution in [0.2, 0.25) is 0 Å². The fourth-order valence-corrected chi connectivity index (χ4v) is 2.39. The molecule has 0 spiro atoms. The number of rotatable bonds is 4. The van der Waals surface area contributed by atoms with Gasteiger partial charge in [0.2, 0.25) is 0 Å². The van der Waals surface area contributed by atoms with E-state index in [9.17, 15) is 4.79 Å². The number of nitrogens with two attached hydrogens (primary N) is 1. The summed E-state index contributed by atoms with van der Waals surface area (Å²) < 4.78 is 0. The van der Waals surface area contributed by atoms with E-state index in [-0.39, 0.29) is 11.9 Å². The van der Waals surface area contributed by atoms with Crippen LogP contribution >= 0.6 is 0 Å². The van der Waals surface area contributed by atoms with Crippen molar-refractivity contribution in [3.8, 4) is 0 Å². The number of likely N-dealkylation sites (tertiary alicyclic amines) is 1. The van der Waals surface area contributed by atoms with Crippen molar-refractivity contribution in [2.24, 2.45) is 5.73 Å². The third-order valence-electron chi connectivity index (χ3n) is 3.66. The van der Waals surface area contributed by atoms with Crippen LogP contribution in [-0.2, 0) is 6.54 Å². The second-order valence-corrected chi connectivity index (χ2v) is 4.92. The number of hydrogen-bond donors (Lipinski definition) is 2. The second-order valence-electron chi connectivity index (χ2n) is 4.92. The minimum absolute atomic E-state index is 0.0213. The van der Waals surface area contributed by atoms with Crippen LogP contribution in [0.15, 0.2) is 18.3 Å². The lowest BCUT2D eigenvalue weighted by atomic mass is 10.0. The molecule has 0 unspecified atom stereocenters. The van der Waals surface area contributed by atoms with Gasteiger partial charge in [0.25, 0.3) is 5.91 Å². The maximum Gasteiger partial charge on any atom is 0.251 e. The normalized spacial score (nSPS) is 17.4. The zero-order valence-corrected chi connectivity index (χ0v) is 11.4.